The van der Waals surface area contributed by atoms with Crippen molar-refractivity contribution < 1.29 is 5.11 Å². The quantitative estimate of drug-likeness (QED) is 0.577. The summed E-state index contributed by atoms with van der Waals surface area (Å²) in [6.45, 7) is 6.15. The number of hydrogen-bond donors (Lipinski definition) is 2. The van der Waals surface area contributed by atoms with E-state index in [0.29, 0.717) is 6.61 Å². The minimum atomic E-state index is 0.351. The fourth-order valence-corrected chi connectivity index (χ4v) is 2.26. The molecule has 1 atom stereocenters. The molecule has 0 heterocycles. The van der Waals surface area contributed by atoms with Crippen LogP contribution in [0.4, 0.5) is 0 Å². The maximum atomic E-state index is 8.65. The zero-order valence-corrected chi connectivity index (χ0v) is 10.3. The van der Waals surface area contributed by atoms with Gasteiger partial charge >= 0.3 is 0 Å². The average Bonchev–Trinajstić information content (AvgIpc) is 3.00. The van der Waals surface area contributed by atoms with Crippen LogP contribution in [-0.4, -0.2) is 24.3 Å². The SMILES string of the molecule is CC(C)C(NCCCCCCO)C1CC1. The van der Waals surface area contributed by atoms with Crippen LogP contribution in [0.2, 0.25) is 0 Å². The molecule has 0 saturated heterocycles. The molecule has 0 aliphatic heterocycles. The molecule has 0 amide bonds. The lowest BCUT2D eigenvalue weighted by Crippen LogP contribution is -2.36. The van der Waals surface area contributed by atoms with Crippen LogP contribution >= 0.6 is 0 Å². The second-order valence-electron chi connectivity index (χ2n) is 5.20. The van der Waals surface area contributed by atoms with E-state index in [1.807, 2.05) is 0 Å². The predicted molar refractivity (Wildman–Crippen MR) is 64.9 cm³/mol. The Morgan fingerprint density at radius 2 is 1.80 bits per heavy atom. The molecule has 2 heteroatoms. The van der Waals surface area contributed by atoms with Gasteiger partial charge in [-0.2, -0.15) is 0 Å². The lowest BCUT2D eigenvalue weighted by molar-refractivity contribution is 0.281. The van der Waals surface area contributed by atoms with E-state index in [9.17, 15) is 0 Å². The van der Waals surface area contributed by atoms with Crippen LogP contribution in [0.25, 0.3) is 0 Å². The Bertz CT molecular complexity index is 153. The predicted octanol–water partition coefficient (Wildman–Crippen LogP) is 2.56. The molecule has 2 N–H and O–H groups in total. The highest BCUT2D eigenvalue weighted by Crippen LogP contribution is 2.35. The third-order valence-corrected chi connectivity index (χ3v) is 3.31. The summed E-state index contributed by atoms with van der Waals surface area (Å²) in [6, 6.07) is 0.753. The van der Waals surface area contributed by atoms with E-state index >= 15 is 0 Å². The Balaban J connectivity index is 1.97. The molecule has 2 nitrogen and oxygen atoms in total. The van der Waals surface area contributed by atoms with Gasteiger partial charge in [-0.15, -0.1) is 0 Å². The Morgan fingerprint density at radius 1 is 1.13 bits per heavy atom. The van der Waals surface area contributed by atoms with Crippen molar-refractivity contribution in [1.29, 1.82) is 0 Å². The number of nitrogens with one attached hydrogen (secondary N) is 1. The first-order valence-electron chi connectivity index (χ1n) is 6.60. The van der Waals surface area contributed by atoms with Gasteiger partial charge in [-0.3, -0.25) is 0 Å². The molecule has 0 aromatic rings. The van der Waals surface area contributed by atoms with E-state index in [1.54, 1.807) is 0 Å². The van der Waals surface area contributed by atoms with Crippen molar-refractivity contribution in [3.8, 4) is 0 Å². The van der Waals surface area contributed by atoms with Gasteiger partial charge in [0.25, 0.3) is 0 Å². The lowest BCUT2D eigenvalue weighted by atomic mass is 9.99. The maximum Gasteiger partial charge on any atom is 0.0431 e. The van der Waals surface area contributed by atoms with Crippen molar-refractivity contribution in [2.24, 2.45) is 11.8 Å². The first-order valence-corrected chi connectivity index (χ1v) is 6.60. The summed E-state index contributed by atoms with van der Waals surface area (Å²) in [5, 5.41) is 12.3. The smallest absolute Gasteiger partial charge is 0.0431 e. The van der Waals surface area contributed by atoms with Gasteiger partial charge in [0.15, 0.2) is 0 Å². The van der Waals surface area contributed by atoms with Crippen molar-refractivity contribution in [3.05, 3.63) is 0 Å². The van der Waals surface area contributed by atoms with Gasteiger partial charge in [-0.1, -0.05) is 26.7 Å². The molecular weight excluding hydrogens is 186 g/mol. The van der Waals surface area contributed by atoms with Crippen molar-refractivity contribution in [2.45, 2.75) is 58.4 Å². The molecule has 1 aliphatic carbocycles. The van der Waals surface area contributed by atoms with Crippen LogP contribution in [0.15, 0.2) is 0 Å². The first-order chi connectivity index (χ1) is 7.25. The lowest BCUT2D eigenvalue weighted by Gasteiger charge is -2.22. The highest BCUT2D eigenvalue weighted by Gasteiger charge is 2.32. The van der Waals surface area contributed by atoms with Gasteiger partial charge in [-0.05, 0) is 44.1 Å². The highest BCUT2D eigenvalue weighted by molar-refractivity contribution is 4.88. The molecule has 15 heavy (non-hydrogen) atoms. The molecule has 0 bridgehead atoms. The van der Waals surface area contributed by atoms with Crippen LogP contribution in [0.3, 0.4) is 0 Å². The van der Waals surface area contributed by atoms with Crippen LogP contribution < -0.4 is 5.32 Å². The number of rotatable bonds is 9. The second-order valence-corrected chi connectivity index (χ2v) is 5.20. The van der Waals surface area contributed by atoms with Gasteiger partial charge < -0.3 is 10.4 Å². The third kappa shape index (κ3) is 5.53. The normalized spacial score (nSPS) is 18.4. The molecule has 1 aliphatic rings. The van der Waals surface area contributed by atoms with Crippen molar-refractivity contribution >= 4 is 0 Å². The summed E-state index contributed by atoms with van der Waals surface area (Å²) in [4.78, 5) is 0. The van der Waals surface area contributed by atoms with Gasteiger partial charge in [0, 0.05) is 12.6 Å². The Hall–Kier alpha value is -0.0800. The topological polar surface area (TPSA) is 32.3 Å². The van der Waals surface area contributed by atoms with Gasteiger partial charge in [0.1, 0.15) is 0 Å². The summed E-state index contributed by atoms with van der Waals surface area (Å²) in [6.07, 6.45) is 7.52. The first kappa shape index (κ1) is 13.0. The van der Waals surface area contributed by atoms with Crippen LogP contribution in [0.1, 0.15) is 52.4 Å². The molecule has 1 saturated carbocycles. The number of aliphatic hydroxyl groups is 1. The van der Waals surface area contributed by atoms with E-state index in [-0.39, 0.29) is 0 Å². The van der Waals surface area contributed by atoms with E-state index in [2.05, 4.69) is 19.2 Å². The van der Waals surface area contributed by atoms with Crippen molar-refractivity contribution in [3.63, 3.8) is 0 Å². The molecular formula is C13H27NO. The molecule has 1 rings (SSSR count). The van der Waals surface area contributed by atoms with Gasteiger partial charge in [0.2, 0.25) is 0 Å². The Morgan fingerprint density at radius 3 is 2.33 bits per heavy atom. The number of unbranched alkanes of at least 4 members (excludes halogenated alkanes) is 3. The summed E-state index contributed by atoms with van der Waals surface area (Å²) >= 11 is 0. The third-order valence-electron chi connectivity index (χ3n) is 3.31. The van der Waals surface area contributed by atoms with Crippen molar-refractivity contribution in [2.75, 3.05) is 13.2 Å². The van der Waals surface area contributed by atoms with Crippen molar-refractivity contribution in [1.82, 2.24) is 5.32 Å². The monoisotopic (exact) mass is 213 g/mol. The molecule has 0 aromatic heterocycles. The molecule has 0 radical (unpaired) electrons. The largest absolute Gasteiger partial charge is 0.396 e. The number of hydrogen-bond acceptors (Lipinski definition) is 2. The van der Waals surface area contributed by atoms with Crippen LogP contribution in [0, 0.1) is 11.8 Å². The molecule has 1 fully saturated rings. The fourth-order valence-electron chi connectivity index (χ4n) is 2.26. The van der Waals surface area contributed by atoms with E-state index < -0.39 is 0 Å². The minimum absolute atomic E-state index is 0.351. The standard InChI is InChI=1S/C13H27NO/c1-11(2)13(12-7-8-12)14-9-5-3-4-6-10-15/h11-15H,3-10H2,1-2H3. The summed E-state index contributed by atoms with van der Waals surface area (Å²) in [5.74, 6) is 1.73. The van der Waals surface area contributed by atoms with E-state index in [4.69, 9.17) is 5.11 Å². The highest BCUT2D eigenvalue weighted by atomic mass is 16.2. The van der Waals surface area contributed by atoms with E-state index in [1.165, 1.54) is 32.1 Å². The van der Waals surface area contributed by atoms with Gasteiger partial charge in [-0.25, -0.2) is 0 Å². The average molecular weight is 213 g/mol. The second kappa shape index (κ2) is 7.24. The summed E-state index contributed by atoms with van der Waals surface area (Å²) in [7, 11) is 0. The maximum absolute atomic E-state index is 8.65. The zero-order chi connectivity index (χ0) is 11.1. The fraction of sp³-hybridized carbons (Fsp3) is 1.00. The van der Waals surface area contributed by atoms with Crippen LogP contribution in [-0.2, 0) is 0 Å². The molecule has 0 aromatic carbocycles. The summed E-state index contributed by atoms with van der Waals surface area (Å²) < 4.78 is 0. The molecule has 90 valence electrons. The van der Waals surface area contributed by atoms with Gasteiger partial charge in [0.05, 0.1) is 0 Å². The number of aliphatic hydroxyl groups excluding tert-OH is 1. The minimum Gasteiger partial charge on any atom is -0.396 e. The summed E-state index contributed by atoms with van der Waals surface area (Å²) in [5.41, 5.74) is 0. The van der Waals surface area contributed by atoms with E-state index in [0.717, 1.165) is 30.8 Å². The zero-order valence-electron chi connectivity index (χ0n) is 10.3. The molecule has 1 unspecified atom stereocenters. The van der Waals surface area contributed by atoms with Crippen LogP contribution in [0.5, 0.6) is 0 Å². The Labute approximate surface area is 94.5 Å². The molecule has 0 spiro atoms. The Kier molecular flexibility index (Phi) is 6.26.